The number of amides is 1. The Morgan fingerprint density at radius 1 is 1.57 bits per heavy atom. The Morgan fingerprint density at radius 2 is 2.36 bits per heavy atom. The maximum absolute atomic E-state index is 10.8. The average molecular weight is 185 g/mol. The number of hydrogen-bond donors (Lipinski definition) is 1. The molecule has 0 spiro atoms. The van der Waals surface area contributed by atoms with Crippen molar-refractivity contribution in [3.63, 3.8) is 0 Å². The Kier molecular flexibility index (Phi) is 1.72. The molecule has 2 aromatic rings. The molecule has 0 saturated carbocycles. The lowest BCUT2D eigenvalue weighted by Crippen LogP contribution is -2.13. The van der Waals surface area contributed by atoms with Crippen LogP contribution in [-0.4, -0.2) is 15.3 Å². The molecule has 0 aliphatic heterocycles. The van der Waals surface area contributed by atoms with E-state index in [0.717, 1.165) is 5.52 Å². The molecule has 68 valence electrons. The minimum Gasteiger partial charge on any atom is -0.364 e. The standard InChI is InChI=1S/C10H7N3O/c1-2-7-3-4-8-5-9(10(11)14)12-6-13(7)8/h1,3-6H,(H2,11,14). The topological polar surface area (TPSA) is 60.4 Å². The van der Waals surface area contributed by atoms with Crippen LogP contribution in [0.1, 0.15) is 16.2 Å². The average Bonchev–Trinajstić information content (AvgIpc) is 2.59. The summed E-state index contributed by atoms with van der Waals surface area (Å²) in [7, 11) is 0. The van der Waals surface area contributed by atoms with Crippen LogP contribution in [0.3, 0.4) is 0 Å². The van der Waals surface area contributed by atoms with Crippen LogP contribution in [0.4, 0.5) is 0 Å². The zero-order valence-corrected chi connectivity index (χ0v) is 7.27. The van der Waals surface area contributed by atoms with Gasteiger partial charge in [0.1, 0.15) is 12.0 Å². The van der Waals surface area contributed by atoms with Crippen LogP contribution in [0.25, 0.3) is 5.52 Å². The van der Waals surface area contributed by atoms with E-state index in [4.69, 9.17) is 12.2 Å². The van der Waals surface area contributed by atoms with Gasteiger partial charge in [0.15, 0.2) is 0 Å². The number of carbonyl (C=O) groups is 1. The van der Waals surface area contributed by atoms with Crippen molar-refractivity contribution in [1.82, 2.24) is 9.38 Å². The minimum atomic E-state index is -0.545. The van der Waals surface area contributed by atoms with Gasteiger partial charge < -0.3 is 5.73 Å². The number of terminal acetylenes is 1. The SMILES string of the molecule is C#Cc1ccc2cc(C(N)=O)ncn12. The van der Waals surface area contributed by atoms with Gasteiger partial charge in [0.05, 0.1) is 11.2 Å². The van der Waals surface area contributed by atoms with Crippen LogP contribution in [0.15, 0.2) is 24.5 Å². The summed E-state index contributed by atoms with van der Waals surface area (Å²) in [6.45, 7) is 0. The number of nitrogens with zero attached hydrogens (tertiary/aromatic N) is 2. The summed E-state index contributed by atoms with van der Waals surface area (Å²) < 4.78 is 1.71. The Bertz CT molecular complexity index is 548. The summed E-state index contributed by atoms with van der Waals surface area (Å²) >= 11 is 0. The number of aromatic nitrogens is 2. The maximum Gasteiger partial charge on any atom is 0.267 e. The van der Waals surface area contributed by atoms with Gasteiger partial charge in [0.25, 0.3) is 5.91 Å². The highest BCUT2D eigenvalue weighted by molar-refractivity contribution is 5.91. The van der Waals surface area contributed by atoms with Crippen molar-refractivity contribution in [3.8, 4) is 12.3 Å². The molecule has 0 aromatic carbocycles. The zero-order chi connectivity index (χ0) is 10.1. The van der Waals surface area contributed by atoms with E-state index >= 15 is 0 Å². The maximum atomic E-state index is 10.8. The number of carbonyl (C=O) groups excluding carboxylic acids is 1. The molecule has 0 bridgehead atoms. The largest absolute Gasteiger partial charge is 0.364 e. The van der Waals surface area contributed by atoms with Crippen LogP contribution < -0.4 is 5.73 Å². The first-order chi connectivity index (χ1) is 6.72. The Hall–Kier alpha value is -2.28. The van der Waals surface area contributed by atoms with Crippen LogP contribution in [-0.2, 0) is 0 Å². The number of hydrogen-bond acceptors (Lipinski definition) is 2. The normalized spacial score (nSPS) is 9.93. The molecule has 4 nitrogen and oxygen atoms in total. The fourth-order valence-electron chi connectivity index (χ4n) is 1.26. The van der Waals surface area contributed by atoms with Crippen molar-refractivity contribution >= 4 is 11.4 Å². The second-order valence-corrected chi connectivity index (χ2v) is 2.80. The van der Waals surface area contributed by atoms with Gasteiger partial charge in [-0.15, -0.1) is 6.42 Å². The van der Waals surface area contributed by atoms with Crippen LogP contribution >= 0.6 is 0 Å². The second-order valence-electron chi connectivity index (χ2n) is 2.80. The Labute approximate surface area is 80.4 Å². The summed E-state index contributed by atoms with van der Waals surface area (Å²) in [6.07, 6.45) is 6.76. The highest BCUT2D eigenvalue weighted by Gasteiger charge is 2.04. The van der Waals surface area contributed by atoms with Crippen molar-refractivity contribution in [3.05, 3.63) is 35.9 Å². The molecule has 0 aliphatic carbocycles. The van der Waals surface area contributed by atoms with E-state index < -0.39 is 5.91 Å². The molecule has 0 aliphatic rings. The van der Waals surface area contributed by atoms with Crippen molar-refractivity contribution in [2.75, 3.05) is 0 Å². The molecule has 0 fully saturated rings. The summed E-state index contributed by atoms with van der Waals surface area (Å²) in [5.74, 6) is 1.96. The van der Waals surface area contributed by atoms with E-state index in [1.165, 1.54) is 6.33 Å². The van der Waals surface area contributed by atoms with E-state index in [-0.39, 0.29) is 5.69 Å². The van der Waals surface area contributed by atoms with Gasteiger partial charge in [-0.25, -0.2) is 4.98 Å². The van der Waals surface area contributed by atoms with Gasteiger partial charge in [-0.3, -0.25) is 9.20 Å². The summed E-state index contributed by atoms with van der Waals surface area (Å²) in [5, 5.41) is 0. The molecule has 0 saturated heterocycles. The first-order valence-corrected chi connectivity index (χ1v) is 3.96. The minimum absolute atomic E-state index is 0.235. The Balaban J connectivity index is 2.70. The monoisotopic (exact) mass is 185 g/mol. The lowest BCUT2D eigenvalue weighted by Gasteiger charge is -1.98. The van der Waals surface area contributed by atoms with Crippen molar-refractivity contribution < 1.29 is 4.79 Å². The summed E-state index contributed by atoms with van der Waals surface area (Å²) in [5.41, 5.74) is 6.83. The van der Waals surface area contributed by atoms with Gasteiger partial charge in [-0.05, 0) is 18.2 Å². The molecule has 14 heavy (non-hydrogen) atoms. The van der Waals surface area contributed by atoms with Crippen LogP contribution in [0, 0.1) is 12.3 Å². The van der Waals surface area contributed by atoms with E-state index in [1.807, 2.05) is 6.07 Å². The molecule has 4 heteroatoms. The van der Waals surface area contributed by atoms with Gasteiger partial charge >= 0.3 is 0 Å². The quantitative estimate of drug-likeness (QED) is 0.654. The molecule has 1 amide bonds. The molecular formula is C10H7N3O. The molecule has 2 aromatic heterocycles. The Morgan fingerprint density at radius 3 is 3.00 bits per heavy atom. The first-order valence-electron chi connectivity index (χ1n) is 3.96. The van der Waals surface area contributed by atoms with Crippen molar-refractivity contribution in [2.24, 2.45) is 5.73 Å². The smallest absolute Gasteiger partial charge is 0.267 e. The molecular weight excluding hydrogens is 178 g/mol. The molecule has 2 heterocycles. The van der Waals surface area contributed by atoms with Gasteiger partial charge in [0, 0.05) is 0 Å². The van der Waals surface area contributed by atoms with Crippen molar-refractivity contribution in [2.45, 2.75) is 0 Å². The number of primary amides is 1. The van der Waals surface area contributed by atoms with E-state index in [1.54, 1.807) is 16.5 Å². The highest BCUT2D eigenvalue weighted by atomic mass is 16.1. The van der Waals surface area contributed by atoms with Crippen LogP contribution in [0.5, 0.6) is 0 Å². The lowest BCUT2D eigenvalue weighted by molar-refractivity contribution is 0.0995. The lowest BCUT2D eigenvalue weighted by atomic mass is 10.3. The number of fused-ring (bicyclic) bond motifs is 1. The highest BCUT2D eigenvalue weighted by Crippen LogP contribution is 2.09. The fraction of sp³-hybridized carbons (Fsp3) is 0. The molecule has 2 N–H and O–H groups in total. The van der Waals surface area contributed by atoms with E-state index in [0.29, 0.717) is 5.69 Å². The van der Waals surface area contributed by atoms with Gasteiger partial charge in [0.2, 0.25) is 0 Å². The molecule has 0 radical (unpaired) electrons. The zero-order valence-electron chi connectivity index (χ0n) is 7.27. The van der Waals surface area contributed by atoms with E-state index in [9.17, 15) is 4.79 Å². The first kappa shape index (κ1) is 8.32. The predicted octanol–water partition coefficient (Wildman–Crippen LogP) is 0.414. The molecule has 0 atom stereocenters. The predicted molar refractivity (Wildman–Crippen MR) is 51.6 cm³/mol. The third-order valence-corrected chi connectivity index (χ3v) is 1.95. The molecule has 0 unspecified atom stereocenters. The number of nitrogens with two attached hydrogens (primary N) is 1. The summed E-state index contributed by atoms with van der Waals surface area (Å²) in [6, 6.07) is 5.19. The fourth-order valence-corrected chi connectivity index (χ4v) is 1.26. The van der Waals surface area contributed by atoms with Crippen LogP contribution in [0.2, 0.25) is 0 Å². The third kappa shape index (κ3) is 1.12. The third-order valence-electron chi connectivity index (χ3n) is 1.95. The summed E-state index contributed by atoms with van der Waals surface area (Å²) in [4.78, 5) is 14.7. The number of rotatable bonds is 1. The molecule has 2 rings (SSSR count). The second kappa shape index (κ2) is 2.89. The van der Waals surface area contributed by atoms with E-state index in [2.05, 4.69) is 10.9 Å². The van der Waals surface area contributed by atoms with Gasteiger partial charge in [-0.1, -0.05) is 5.92 Å². The van der Waals surface area contributed by atoms with Crippen molar-refractivity contribution in [1.29, 1.82) is 0 Å². The van der Waals surface area contributed by atoms with Gasteiger partial charge in [-0.2, -0.15) is 0 Å².